The summed E-state index contributed by atoms with van der Waals surface area (Å²) in [7, 11) is 1.78. The number of nitrogens with two attached hydrogens (primary N) is 1. The molecule has 0 aromatic heterocycles. The van der Waals surface area contributed by atoms with Gasteiger partial charge in [0, 0.05) is 13.2 Å². The van der Waals surface area contributed by atoms with E-state index < -0.39 is 0 Å². The first kappa shape index (κ1) is 5.50. The van der Waals surface area contributed by atoms with Crippen molar-refractivity contribution in [2.45, 2.75) is 6.92 Å². The fourth-order valence-electron chi connectivity index (χ4n) is 0.235. The first-order chi connectivity index (χ1) is 2.77. The van der Waals surface area contributed by atoms with Crippen molar-refractivity contribution in [2.24, 2.45) is 5.84 Å². The van der Waals surface area contributed by atoms with Crippen LogP contribution in [0.2, 0.25) is 0 Å². The first-order valence-corrected chi connectivity index (χ1v) is 1.87. The van der Waals surface area contributed by atoms with E-state index in [9.17, 15) is 0 Å². The molecule has 0 unspecified atom stereocenters. The van der Waals surface area contributed by atoms with Gasteiger partial charge in [0.1, 0.15) is 0 Å². The topological polar surface area (TPSA) is 29.3 Å². The van der Waals surface area contributed by atoms with Gasteiger partial charge in [-0.25, -0.2) is 5.84 Å². The van der Waals surface area contributed by atoms with Crippen molar-refractivity contribution in [1.82, 2.24) is 5.01 Å². The normalized spacial score (nSPS) is 9.83. The van der Waals surface area contributed by atoms with Crippen molar-refractivity contribution in [1.29, 1.82) is 0 Å². The van der Waals surface area contributed by atoms with Crippen LogP contribution in [0.4, 0.5) is 0 Å². The molecule has 0 rings (SSSR count). The fourth-order valence-corrected chi connectivity index (χ4v) is 0.235. The lowest BCUT2D eigenvalue weighted by Crippen LogP contribution is -2.17. The van der Waals surface area contributed by atoms with Gasteiger partial charge in [-0.05, 0) is 6.92 Å². The summed E-state index contributed by atoms with van der Waals surface area (Å²) < 4.78 is 0. The third-order valence-electron chi connectivity index (χ3n) is 0.384. The van der Waals surface area contributed by atoms with Gasteiger partial charge in [0.05, 0.1) is 0 Å². The Morgan fingerprint density at radius 1 is 1.67 bits per heavy atom. The van der Waals surface area contributed by atoms with Crippen molar-refractivity contribution in [2.75, 3.05) is 7.05 Å². The highest BCUT2D eigenvalue weighted by molar-refractivity contribution is 4.71. The zero-order valence-electron chi connectivity index (χ0n) is 4.18. The third kappa shape index (κ3) is 3.50. The van der Waals surface area contributed by atoms with Crippen LogP contribution >= 0.6 is 0 Å². The van der Waals surface area contributed by atoms with E-state index in [4.69, 9.17) is 5.84 Å². The molecule has 0 spiro atoms. The molecule has 0 aliphatic carbocycles. The van der Waals surface area contributed by atoms with Gasteiger partial charge >= 0.3 is 0 Å². The van der Waals surface area contributed by atoms with Gasteiger partial charge in [-0.2, -0.15) is 0 Å². The Morgan fingerprint density at radius 2 is 2.17 bits per heavy atom. The average Bonchev–Trinajstić information content (AvgIpc) is 1.35. The van der Waals surface area contributed by atoms with Gasteiger partial charge in [0.2, 0.25) is 0 Å². The Morgan fingerprint density at radius 3 is 2.17 bits per heavy atom. The molecule has 0 aliphatic rings. The first-order valence-electron chi connectivity index (χ1n) is 1.87. The van der Waals surface area contributed by atoms with Crippen LogP contribution in [-0.2, 0) is 0 Å². The van der Waals surface area contributed by atoms with Crippen molar-refractivity contribution >= 4 is 0 Å². The van der Waals surface area contributed by atoms with Crippen molar-refractivity contribution in [3.8, 4) is 0 Å². The van der Waals surface area contributed by atoms with Crippen molar-refractivity contribution < 1.29 is 0 Å². The number of rotatable bonds is 1. The monoisotopic (exact) mass is 86.1 g/mol. The molecular formula is C4H10N2. The smallest absolute Gasteiger partial charge is 0.0222 e. The Balaban J connectivity index is 3.03. The van der Waals surface area contributed by atoms with Gasteiger partial charge in [-0.3, -0.25) is 0 Å². The standard InChI is InChI=1S/C4H10N2/c1-3-4-6(2)5/h3-4H,5H2,1-2H3/b4-3+. The molecular weight excluding hydrogens is 76.1 g/mol. The van der Waals surface area contributed by atoms with E-state index in [2.05, 4.69) is 0 Å². The fraction of sp³-hybridized carbons (Fsp3) is 0.500. The van der Waals surface area contributed by atoms with E-state index >= 15 is 0 Å². The molecule has 36 valence electrons. The second kappa shape index (κ2) is 2.72. The van der Waals surface area contributed by atoms with Gasteiger partial charge < -0.3 is 5.01 Å². The van der Waals surface area contributed by atoms with Crippen LogP contribution in [0.1, 0.15) is 6.92 Å². The van der Waals surface area contributed by atoms with Crippen LogP contribution in [0.25, 0.3) is 0 Å². The molecule has 0 saturated carbocycles. The number of hydrogen-bond donors (Lipinski definition) is 1. The van der Waals surface area contributed by atoms with Crippen molar-refractivity contribution in [3.05, 3.63) is 12.3 Å². The van der Waals surface area contributed by atoms with Crippen LogP contribution in [-0.4, -0.2) is 12.1 Å². The summed E-state index contributed by atoms with van der Waals surface area (Å²) in [6.07, 6.45) is 3.65. The van der Waals surface area contributed by atoms with Gasteiger partial charge in [0.25, 0.3) is 0 Å². The summed E-state index contributed by atoms with van der Waals surface area (Å²) in [6.45, 7) is 1.92. The number of nitrogens with zero attached hydrogens (tertiary/aromatic N) is 1. The molecule has 0 fully saturated rings. The summed E-state index contributed by atoms with van der Waals surface area (Å²) in [5, 5.41) is 1.50. The van der Waals surface area contributed by atoms with Crippen LogP contribution in [0.5, 0.6) is 0 Å². The van der Waals surface area contributed by atoms with E-state index in [1.165, 1.54) is 5.01 Å². The van der Waals surface area contributed by atoms with Gasteiger partial charge in [-0.15, -0.1) is 0 Å². The maximum atomic E-state index is 5.15. The molecule has 6 heavy (non-hydrogen) atoms. The highest BCUT2D eigenvalue weighted by Crippen LogP contribution is 1.67. The second-order valence-corrected chi connectivity index (χ2v) is 1.15. The van der Waals surface area contributed by atoms with E-state index in [1.807, 2.05) is 13.0 Å². The molecule has 0 heterocycles. The van der Waals surface area contributed by atoms with E-state index in [0.29, 0.717) is 0 Å². The van der Waals surface area contributed by atoms with Crippen LogP contribution in [0.15, 0.2) is 12.3 Å². The minimum Gasteiger partial charge on any atom is -0.322 e. The highest BCUT2D eigenvalue weighted by atomic mass is 15.4. The summed E-state index contributed by atoms with van der Waals surface area (Å²) in [5.41, 5.74) is 0. The SMILES string of the molecule is C/C=C/N(C)N. The zero-order chi connectivity index (χ0) is 4.99. The van der Waals surface area contributed by atoms with E-state index in [0.717, 1.165) is 0 Å². The molecule has 0 aromatic carbocycles. The molecule has 0 bridgehead atoms. The minimum atomic E-state index is 1.50. The van der Waals surface area contributed by atoms with E-state index in [-0.39, 0.29) is 0 Å². The predicted molar refractivity (Wildman–Crippen MR) is 26.8 cm³/mol. The Kier molecular flexibility index (Phi) is 2.50. The number of allylic oxidation sites excluding steroid dienone is 1. The predicted octanol–water partition coefficient (Wildman–Crippen LogP) is 0.326. The number of hydrogen-bond acceptors (Lipinski definition) is 2. The van der Waals surface area contributed by atoms with Crippen LogP contribution in [0.3, 0.4) is 0 Å². The summed E-state index contributed by atoms with van der Waals surface area (Å²) in [5.74, 6) is 5.15. The second-order valence-electron chi connectivity index (χ2n) is 1.15. The summed E-state index contributed by atoms with van der Waals surface area (Å²) in [6, 6.07) is 0. The molecule has 2 nitrogen and oxygen atoms in total. The van der Waals surface area contributed by atoms with Crippen LogP contribution in [0, 0.1) is 0 Å². The molecule has 2 N–H and O–H groups in total. The average molecular weight is 86.1 g/mol. The maximum Gasteiger partial charge on any atom is 0.0222 e. The molecule has 0 aromatic rings. The molecule has 0 atom stereocenters. The molecule has 2 heteroatoms. The zero-order valence-corrected chi connectivity index (χ0v) is 4.18. The lowest BCUT2D eigenvalue weighted by Gasteiger charge is -1.99. The number of hydrazine groups is 1. The Labute approximate surface area is 38.2 Å². The maximum absolute atomic E-state index is 5.15. The third-order valence-corrected chi connectivity index (χ3v) is 0.384. The Bertz CT molecular complexity index is 47.5. The lowest BCUT2D eigenvalue weighted by atomic mass is 10.7. The molecule has 0 aliphatic heterocycles. The van der Waals surface area contributed by atoms with Crippen LogP contribution < -0.4 is 5.84 Å². The molecule has 0 radical (unpaired) electrons. The summed E-state index contributed by atoms with van der Waals surface area (Å²) >= 11 is 0. The Hall–Kier alpha value is -0.500. The molecule has 0 amide bonds. The largest absolute Gasteiger partial charge is 0.322 e. The van der Waals surface area contributed by atoms with E-state index in [1.54, 1.807) is 13.2 Å². The van der Waals surface area contributed by atoms with Gasteiger partial charge in [-0.1, -0.05) is 6.08 Å². The lowest BCUT2D eigenvalue weighted by molar-refractivity contribution is 0.484. The van der Waals surface area contributed by atoms with Gasteiger partial charge in [0.15, 0.2) is 0 Å². The van der Waals surface area contributed by atoms with Crippen molar-refractivity contribution in [3.63, 3.8) is 0 Å². The quantitative estimate of drug-likeness (QED) is 0.368. The minimum absolute atomic E-state index is 1.50. The highest BCUT2D eigenvalue weighted by Gasteiger charge is 1.65. The molecule has 0 saturated heterocycles. The summed E-state index contributed by atoms with van der Waals surface area (Å²) in [4.78, 5) is 0.